The standard InChI is InChI=1S/C18H24N4O2/c1-14-5-3-7-16(20-14)18(23)22-9-4-6-15(13-22)17-19-8-10-21(17)11-12-24-2/h3,5,7-8,10,15H,4,6,9,11-13H2,1-2H3/t15-/m1/s1. The van der Waals surface area contributed by atoms with Gasteiger partial charge in [-0.2, -0.15) is 0 Å². The number of carbonyl (C=O) groups is 1. The maximum absolute atomic E-state index is 12.7. The van der Waals surface area contributed by atoms with Crippen molar-refractivity contribution in [2.45, 2.75) is 32.2 Å². The summed E-state index contributed by atoms with van der Waals surface area (Å²) >= 11 is 0. The molecule has 6 nitrogen and oxygen atoms in total. The minimum absolute atomic E-state index is 0.0124. The number of pyridine rings is 1. The molecule has 3 rings (SSSR count). The fourth-order valence-electron chi connectivity index (χ4n) is 3.26. The fourth-order valence-corrected chi connectivity index (χ4v) is 3.26. The third-order valence-electron chi connectivity index (χ3n) is 4.47. The summed E-state index contributed by atoms with van der Waals surface area (Å²) in [5.74, 6) is 1.32. The summed E-state index contributed by atoms with van der Waals surface area (Å²) in [6.45, 7) is 4.83. The average Bonchev–Trinajstić information content (AvgIpc) is 3.08. The zero-order valence-electron chi connectivity index (χ0n) is 14.3. The topological polar surface area (TPSA) is 60.2 Å². The predicted octanol–water partition coefficient (Wildman–Crippen LogP) is 2.25. The van der Waals surface area contributed by atoms with Crippen LogP contribution in [0.2, 0.25) is 0 Å². The van der Waals surface area contributed by atoms with Crippen LogP contribution in [0.1, 0.15) is 40.8 Å². The second-order valence-electron chi connectivity index (χ2n) is 6.23. The highest BCUT2D eigenvalue weighted by Crippen LogP contribution is 2.26. The third kappa shape index (κ3) is 3.64. The minimum Gasteiger partial charge on any atom is -0.383 e. The maximum Gasteiger partial charge on any atom is 0.272 e. The Morgan fingerprint density at radius 2 is 2.29 bits per heavy atom. The van der Waals surface area contributed by atoms with E-state index in [-0.39, 0.29) is 11.8 Å². The molecule has 0 saturated carbocycles. The van der Waals surface area contributed by atoms with E-state index in [0.717, 1.165) is 37.4 Å². The normalized spacial score (nSPS) is 17.9. The number of rotatable bonds is 5. The summed E-state index contributed by atoms with van der Waals surface area (Å²) in [4.78, 5) is 23.5. The Bertz CT molecular complexity index is 698. The second-order valence-corrected chi connectivity index (χ2v) is 6.23. The van der Waals surface area contributed by atoms with Crippen LogP contribution in [0.3, 0.4) is 0 Å². The van der Waals surface area contributed by atoms with Crippen molar-refractivity contribution in [1.29, 1.82) is 0 Å². The van der Waals surface area contributed by atoms with Gasteiger partial charge in [-0.3, -0.25) is 4.79 Å². The van der Waals surface area contributed by atoms with Crippen LogP contribution < -0.4 is 0 Å². The van der Waals surface area contributed by atoms with Crippen molar-refractivity contribution in [3.63, 3.8) is 0 Å². The van der Waals surface area contributed by atoms with Gasteiger partial charge in [-0.1, -0.05) is 6.07 Å². The molecule has 0 unspecified atom stereocenters. The summed E-state index contributed by atoms with van der Waals surface area (Å²) in [6, 6.07) is 5.58. The molecular formula is C18H24N4O2. The van der Waals surface area contributed by atoms with Gasteiger partial charge in [0.1, 0.15) is 11.5 Å². The van der Waals surface area contributed by atoms with Gasteiger partial charge in [0.25, 0.3) is 5.91 Å². The molecule has 0 bridgehead atoms. The van der Waals surface area contributed by atoms with Crippen molar-refractivity contribution in [2.24, 2.45) is 0 Å². The van der Waals surface area contributed by atoms with Gasteiger partial charge in [-0.15, -0.1) is 0 Å². The number of hydrogen-bond donors (Lipinski definition) is 0. The van der Waals surface area contributed by atoms with Gasteiger partial charge in [0.05, 0.1) is 6.61 Å². The molecule has 1 atom stereocenters. The number of likely N-dealkylation sites (tertiary alicyclic amines) is 1. The van der Waals surface area contributed by atoms with Gasteiger partial charge < -0.3 is 14.2 Å². The Kier molecular flexibility index (Phi) is 5.25. The molecule has 0 N–H and O–H groups in total. The monoisotopic (exact) mass is 328 g/mol. The zero-order valence-corrected chi connectivity index (χ0v) is 14.3. The number of ether oxygens (including phenoxy) is 1. The van der Waals surface area contributed by atoms with E-state index < -0.39 is 0 Å². The second kappa shape index (κ2) is 7.57. The molecule has 0 aromatic carbocycles. The summed E-state index contributed by atoms with van der Waals surface area (Å²) in [7, 11) is 1.70. The molecule has 1 aliphatic heterocycles. The molecule has 1 saturated heterocycles. The van der Waals surface area contributed by atoms with Gasteiger partial charge in [0.15, 0.2) is 0 Å². The van der Waals surface area contributed by atoms with Crippen molar-refractivity contribution < 1.29 is 9.53 Å². The van der Waals surface area contributed by atoms with Crippen LogP contribution >= 0.6 is 0 Å². The summed E-state index contributed by atoms with van der Waals surface area (Å²) in [5, 5.41) is 0. The summed E-state index contributed by atoms with van der Waals surface area (Å²) in [6.07, 6.45) is 5.85. The molecule has 6 heteroatoms. The van der Waals surface area contributed by atoms with Crippen LogP contribution in [0, 0.1) is 6.92 Å². The molecule has 3 heterocycles. The van der Waals surface area contributed by atoms with E-state index in [1.54, 1.807) is 13.2 Å². The number of carbonyl (C=O) groups excluding carboxylic acids is 1. The van der Waals surface area contributed by atoms with Crippen molar-refractivity contribution in [2.75, 3.05) is 26.8 Å². The maximum atomic E-state index is 12.7. The Morgan fingerprint density at radius 1 is 1.42 bits per heavy atom. The van der Waals surface area contributed by atoms with Crippen LogP contribution in [0.25, 0.3) is 0 Å². The Morgan fingerprint density at radius 3 is 3.08 bits per heavy atom. The molecule has 0 spiro atoms. The molecule has 2 aromatic rings. The summed E-state index contributed by atoms with van der Waals surface area (Å²) in [5.41, 5.74) is 1.39. The van der Waals surface area contributed by atoms with Crippen molar-refractivity contribution in [1.82, 2.24) is 19.4 Å². The van der Waals surface area contributed by atoms with Gasteiger partial charge in [-0.25, -0.2) is 9.97 Å². The highest BCUT2D eigenvalue weighted by atomic mass is 16.5. The number of aromatic nitrogens is 3. The fraction of sp³-hybridized carbons (Fsp3) is 0.500. The molecule has 1 amide bonds. The Labute approximate surface area is 142 Å². The first-order valence-corrected chi connectivity index (χ1v) is 8.42. The Hall–Kier alpha value is -2.21. The molecule has 2 aromatic heterocycles. The van der Waals surface area contributed by atoms with E-state index in [0.29, 0.717) is 18.8 Å². The lowest BCUT2D eigenvalue weighted by atomic mass is 9.96. The molecule has 1 aliphatic rings. The number of piperidine rings is 1. The van der Waals surface area contributed by atoms with Gasteiger partial charge >= 0.3 is 0 Å². The first-order valence-electron chi connectivity index (χ1n) is 8.42. The number of nitrogens with zero attached hydrogens (tertiary/aromatic N) is 4. The highest BCUT2D eigenvalue weighted by molar-refractivity contribution is 5.92. The number of amides is 1. The van der Waals surface area contributed by atoms with Crippen molar-refractivity contribution in [3.8, 4) is 0 Å². The molecular weight excluding hydrogens is 304 g/mol. The van der Waals surface area contributed by atoms with Crippen LogP contribution in [0.4, 0.5) is 0 Å². The van der Waals surface area contributed by atoms with Crippen LogP contribution in [0.15, 0.2) is 30.6 Å². The zero-order chi connectivity index (χ0) is 16.9. The van der Waals surface area contributed by atoms with E-state index in [9.17, 15) is 4.79 Å². The van der Waals surface area contributed by atoms with Gasteiger partial charge in [0, 0.05) is 50.7 Å². The minimum atomic E-state index is 0.0124. The molecule has 1 fully saturated rings. The molecule has 0 radical (unpaired) electrons. The smallest absolute Gasteiger partial charge is 0.272 e. The largest absolute Gasteiger partial charge is 0.383 e. The Balaban J connectivity index is 1.73. The van der Waals surface area contributed by atoms with Crippen LogP contribution in [0.5, 0.6) is 0 Å². The molecule has 128 valence electrons. The third-order valence-corrected chi connectivity index (χ3v) is 4.47. The first-order chi connectivity index (χ1) is 11.7. The van der Waals surface area contributed by atoms with Crippen molar-refractivity contribution in [3.05, 3.63) is 47.8 Å². The highest BCUT2D eigenvalue weighted by Gasteiger charge is 2.28. The number of imidazole rings is 1. The van der Waals surface area contributed by atoms with Gasteiger partial charge in [-0.05, 0) is 31.9 Å². The molecule has 0 aliphatic carbocycles. The van der Waals surface area contributed by atoms with Crippen LogP contribution in [-0.2, 0) is 11.3 Å². The van der Waals surface area contributed by atoms with E-state index in [1.807, 2.05) is 36.4 Å². The number of methoxy groups -OCH3 is 1. The lowest BCUT2D eigenvalue weighted by Crippen LogP contribution is -2.40. The van der Waals surface area contributed by atoms with E-state index >= 15 is 0 Å². The van der Waals surface area contributed by atoms with Gasteiger partial charge in [0.2, 0.25) is 0 Å². The van der Waals surface area contributed by atoms with E-state index in [1.165, 1.54) is 0 Å². The van der Waals surface area contributed by atoms with Crippen molar-refractivity contribution >= 4 is 5.91 Å². The average molecular weight is 328 g/mol. The summed E-state index contributed by atoms with van der Waals surface area (Å²) < 4.78 is 7.30. The SMILES string of the molecule is COCCn1ccnc1[C@@H]1CCCN(C(=O)c2cccc(C)n2)C1. The lowest BCUT2D eigenvalue weighted by molar-refractivity contribution is 0.0696. The molecule has 24 heavy (non-hydrogen) atoms. The number of aryl methyl sites for hydroxylation is 1. The quantitative estimate of drug-likeness (QED) is 0.845. The van der Waals surface area contributed by atoms with Crippen LogP contribution in [-0.4, -0.2) is 52.1 Å². The lowest BCUT2D eigenvalue weighted by Gasteiger charge is -2.32. The predicted molar refractivity (Wildman–Crippen MR) is 91.0 cm³/mol. The van der Waals surface area contributed by atoms with E-state index in [4.69, 9.17) is 4.74 Å². The first kappa shape index (κ1) is 16.6. The number of hydrogen-bond acceptors (Lipinski definition) is 4. The van der Waals surface area contributed by atoms with E-state index in [2.05, 4.69) is 14.5 Å².